The van der Waals surface area contributed by atoms with Crippen LogP contribution >= 0.6 is 0 Å². The van der Waals surface area contributed by atoms with Crippen molar-refractivity contribution in [2.24, 2.45) is 0 Å². The van der Waals surface area contributed by atoms with Gasteiger partial charge in [-0.15, -0.1) is 0 Å². The maximum absolute atomic E-state index is 5.52. The van der Waals surface area contributed by atoms with E-state index in [2.05, 4.69) is 48.3 Å². The molecule has 0 fully saturated rings. The summed E-state index contributed by atoms with van der Waals surface area (Å²) in [5.74, 6) is 1.67. The van der Waals surface area contributed by atoms with E-state index in [4.69, 9.17) is 9.47 Å². The summed E-state index contributed by atoms with van der Waals surface area (Å²) < 4.78 is 11.0. The number of nitrogens with zero attached hydrogens (tertiary/aromatic N) is 1. The second-order valence-electron chi connectivity index (χ2n) is 5.99. The van der Waals surface area contributed by atoms with Crippen LogP contribution in [0.2, 0.25) is 0 Å². The van der Waals surface area contributed by atoms with Crippen LogP contribution in [0.3, 0.4) is 0 Å². The van der Waals surface area contributed by atoms with Crippen molar-refractivity contribution in [3.05, 3.63) is 47.0 Å². The lowest BCUT2D eigenvalue weighted by atomic mass is 10.1. The van der Waals surface area contributed by atoms with Crippen molar-refractivity contribution in [2.45, 2.75) is 20.4 Å². The third-order valence-electron chi connectivity index (χ3n) is 4.47. The quantitative estimate of drug-likeness (QED) is 0.920. The van der Waals surface area contributed by atoms with Gasteiger partial charge in [0.05, 0.1) is 11.4 Å². The second kappa shape index (κ2) is 5.13. The summed E-state index contributed by atoms with van der Waals surface area (Å²) in [6, 6.07) is 10.8. The number of ether oxygens (including phenoxy) is 2. The standard InChI is InChI=1S/C18H20N2O2/c1-12-3-4-14(7-13(12)2)10-20-6-5-19-15-8-17-18(9-16(15)20)22-11-21-17/h3-4,7-9,19H,5-6,10-11H2,1-2H3. The van der Waals surface area contributed by atoms with Crippen LogP contribution in [-0.2, 0) is 6.54 Å². The molecular formula is C18H20N2O2. The van der Waals surface area contributed by atoms with Gasteiger partial charge in [0.1, 0.15) is 0 Å². The fourth-order valence-electron chi connectivity index (χ4n) is 3.07. The van der Waals surface area contributed by atoms with Gasteiger partial charge in [0.15, 0.2) is 11.5 Å². The molecule has 0 unspecified atom stereocenters. The van der Waals surface area contributed by atoms with Gasteiger partial charge in [0.25, 0.3) is 0 Å². The third-order valence-corrected chi connectivity index (χ3v) is 4.47. The smallest absolute Gasteiger partial charge is 0.231 e. The van der Waals surface area contributed by atoms with Crippen LogP contribution in [0.15, 0.2) is 30.3 Å². The Labute approximate surface area is 130 Å². The highest BCUT2D eigenvalue weighted by atomic mass is 16.7. The maximum Gasteiger partial charge on any atom is 0.231 e. The van der Waals surface area contributed by atoms with Crippen LogP contribution in [-0.4, -0.2) is 19.9 Å². The minimum absolute atomic E-state index is 0.315. The Balaban J connectivity index is 1.65. The lowest BCUT2D eigenvalue weighted by Gasteiger charge is -2.32. The van der Waals surface area contributed by atoms with Crippen LogP contribution in [0, 0.1) is 13.8 Å². The largest absolute Gasteiger partial charge is 0.454 e. The fourth-order valence-corrected chi connectivity index (χ4v) is 3.07. The second-order valence-corrected chi connectivity index (χ2v) is 5.99. The molecule has 0 amide bonds. The number of rotatable bonds is 2. The van der Waals surface area contributed by atoms with E-state index in [1.165, 1.54) is 22.4 Å². The number of hydrogen-bond donors (Lipinski definition) is 1. The van der Waals surface area contributed by atoms with Crippen LogP contribution in [0.5, 0.6) is 11.5 Å². The first-order chi connectivity index (χ1) is 10.7. The molecule has 22 heavy (non-hydrogen) atoms. The Morgan fingerprint density at radius 2 is 1.86 bits per heavy atom. The highest BCUT2D eigenvalue weighted by Crippen LogP contribution is 2.42. The van der Waals surface area contributed by atoms with Crippen LogP contribution < -0.4 is 19.7 Å². The van der Waals surface area contributed by atoms with Crippen molar-refractivity contribution >= 4 is 11.4 Å². The number of aryl methyl sites for hydroxylation is 2. The molecule has 114 valence electrons. The predicted molar refractivity (Wildman–Crippen MR) is 88.0 cm³/mol. The molecule has 0 saturated carbocycles. The lowest BCUT2D eigenvalue weighted by molar-refractivity contribution is 0.174. The SMILES string of the molecule is Cc1ccc(CN2CCNc3cc4c(cc32)OCO4)cc1C. The van der Waals surface area contributed by atoms with E-state index >= 15 is 0 Å². The summed E-state index contributed by atoms with van der Waals surface area (Å²) in [6.07, 6.45) is 0. The Hall–Kier alpha value is -2.36. The van der Waals surface area contributed by atoms with Gasteiger partial charge in [-0.05, 0) is 30.5 Å². The first-order valence-corrected chi connectivity index (χ1v) is 7.69. The molecule has 4 rings (SSSR count). The van der Waals surface area contributed by atoms with E-state index in [-0.39, 0.29) is 0 Å². The van der Waals surface area contributed by atoms with Gasteiger partial charge in [-0.3, -0.25) is 0 Å². The van der Waals surface area contributed by atoms with E-state index in [9.17, 15) is 0 Å². The molecule has 2 aromatic rings. The highest BCUT2D eigenvalue weighted by molar-refractivity contribution is 5.77. The van der Waals surface area contributed by atoms with Crippen molar-refractivity contribution < 1.29 is 9.47 Å². The van der Waals surface area contributed by atoms with E-state index in [1.54, 1.807) is 0 Å². The fraction of sp³-hybridized carbons (Fsp3) is 0.333. The molecule has 2 heterocycles. The van der Waals surface area contributed by atoms with E-state index in [1.807, 2.05) is 6.07 Å². The average Bonchev–Trinajstić information content (AvgIpc) is 2.96. The molecule has 4 nitrogen and oxygen atoms in total. The van der Waals surface area contributed by atoms with Crippen LogP contribution in [0.25, 0.3) is 0 Å². The van der Waals surface area contributed by atoms with E-state index in [0.717, 1.165) is 36.8 Å². The molecule has 0 saturated heterocycles. The summed E-state index contributed by atoms with van der Waals surface area (Å²) in [6.45, 7) is 7.48. The zero-order chi connectivity index (χ0) is 15.1. The van der Waals surface area contributed by atoms with E-state index in [0.29, 0.717) is 6.79 Å². The first kappa shape index (κ1) is 13.3. The summed E-state index contributed by atoms with van der Waals surface area (Å²) in [5.41, 5.74) is 6.34. The number of anilines is 2. The Morgan fingerprint density at radius 1 is 1.05 bits per heavy atom. The molecule has 0 atom stereocenters. The van der Waals surface area contributed by atoms with Gasteiger partial charge in [-0.2, -0.15) is 0 Å². The van der Waals surface area contributed by atoms with Gasteiger partial charge < -0.3 is 19.7 Å². The number of hydrogen-bond acceptors (Lipinski definition) is 4. The third kappa shape index (κ3) is 2.25. The summed E-state index contributed by atoms with van der Waals surface area (Å²) in [5, 5.41) is 3.45. The highest BCUT2D eigenvalue weighted by Gasteiger charge is 2.23. The minimum atomic E-state index is 0.315. The summed E-state index contributed by atoms with van der Waals surface area (Å²) >= 11 is 0. The summed E-state index contributed by atoms with van der Waals surface area (Å²) in [4.78, 5) is 2.40. The number of fused-ring (bicyclic) bond motifs is 2. The monoisotopic (exact) mass is 296 g/mol. The maximum atomic E-state index is 5.52. The molecule has 4 heteroatoms. The first-order valence-electron chi connectivity index (χ1n) is 7.69. The van der Waals surface area contributed by atoms with Crippen molar-refractivity contribution in [1.29, 1.82) is 0 Å². The average molecular weight is 296 g/mol. The Kier molecular flexibility index (Phi) is 3.10. The Morgan fingerprint density at radius 3 is 2.68 bits per heavy atom. The van der Waals surface area contributed by atoms with Crippen molar-refractivity contribution in [1.82, 2.24) is 0 Å². The number of nitrogens with one attached hydrogen (secondary N) is 1. The molecule has 0 bridgehead atoms. The zero-order valence-corrected chi connectivity index (χ0v) is 13.0. The van der Waals surface area contributed by atoms with Gasteiger partial charge in [0, 0.05) is 31.8 Å². The molecule has 2 aromatic carbocycles. The lowest BCUT2D eigenvalue weighted by Crippen LogP contribution is -2.33. The predicted octanol–water partition coefficient (Wildman–Crippen LogP) is 3.46. The van der Waals surface area contributed by atoms with Crippen molar-refractivity contribution in [2.75, 3.05) is 30.1 Å². The summed E-state index contributed by atoms with van der Waals surface area (Å²) in [7, 11) is 0. The molecule has 0 radical (unpaired) electrons. The minimum Gasteiger partial charge on any atom is -0.454 e. The molecular weight excluding hydrogens is 276 g/mol. The molecule has 1 N–H and O–H groups in total. The van der Waals surface area contributed by atoms with Crippen LogP contribution in [0.1, 0.15) is 16.7 Å². The van der Waals surface area contributed by atoms with Gasteiger partial charge in [-0.1, -0.05) is 18.2 Å². The van der Waals surface area contributed by atoms with E-state index < -0.39 is 0 Å². The normalized spacial score (nSPS) is 15.5. The molecule has 2 aliphatic rings. The molecule has 2 aliphatic heterocycles. The van der Waals surface area contributed by atoms with Crippen molar-refractivity contribution in [3.63, 3.8) is 0 Å². The Bertz CT molecular complexity index is 727. The van der Waals surface area contributed by atoms with Gasteiger partial charge >= 0.3 is 0 Å². The van der Waals surface area contributed by atoms with Gasteiger partial charge in [-0.25, -0.2) is 0 Å². The topological polar surface area (TPSA) is 33.7 Å². The molecule has 0 spiro atoms. The zero-order valence-electron chi connectivity index (χ0n) is 13.0. The van der Waals surface area contributed by atoms with Crippen LogP contribution in [0.4, 0.5) is 11.4 Å². The molecule has 0 aliphatic carbocycles. The van der Waals surface area contributed by atoms with Crippen molar-refractivity contribution in [3.8, 4) is 11.5 Å². The van der Waals surface area contributed by atoms with Gasteiger partial charge in [0.2, 0.25) is 6.79 Å². The molecule has 0 aromatic heterocycles. The number of benzene rings is 2.